The van der Waals surface area contributed by atoms with Crippen molar-refractivity contribution in [1.29, 1.82) is 0 Å². The van der Waals surface area contributed by atoms with Crippen LogP contribution in [0.5, 0.6) is 0 Å². The molecule has 0 unspecified atom stereocenters. The zero-order chi connectivity index (χ0) is 17.5. The number of thioether (sulfide) groups is 1. The minimum Gasteiger partial charge on any atom is -0.330 e. The third kappa shape index (κ3) is 5.82. The Morgan fingerprint density at radius 3 is 2.50 bits per heavy atom. The molecular weight excluding hydrogens is 346 g/mol. The summed E-state index contributed by atoms with van der Waals surface area (Å²) < 4.78 is 0.675. The van der Waals surface area contributed by atoms with Gasteiger partial charge in [-0.3, -0.25) is 20.4 Å². The highest BCUT2D eigenvalue weighted by molar-refractivity contribution is 8.01. The molecule has 0 radical (unpaired) electrons. The van der Waals surface area contributed by atoms with Gasteiger partial charge < -0.3 is 5.32 Å². The van der Waals surface area contributed by atoms with Crippen molar-refractivity contribution in [2.75, 3.05) is 11.1 Å². The van der Waals surface area contributed by atoms with Gasteiger partial charge in [0, 0.05) is 12.6 Å². The zero-order valence-corrected chi connectivity index (χ0v) is 15.3. The fourth-order valence-corrected chi connectivity index (χ4v) is 3.29. The number of rotatable bonds is 6. The van der Waals surface area contributed by atoms with Gasteiger partial charge in [0.05, 0.1) is 5.75 Å². The Kier molecular flexibility index (Phi) is 6.56. The molecule has 0 saturated heterocycles. The van der Waals surface area contributed by atoms with E-state index in [0.717, 1.165) is 5.69 Å². The van der Waals surface area contributed by atoms with E-state index in [4.69, 9.17) is 0 Å². The molecule has 0 fully saturated rings. The number of amides is 2. The minimum absolute atomic E-state index is 0.151. The molecular formula is C15H19N5O2S2. The second-order valence-corrected chi connectivity index (χ2v) is 7.49. The van der Waals surface area contributed by atoms with Crippen LogP contribution in [-0.4, -0.2) is 27.8 Å². The predicted molar refractivity (Wildman–Crippen MR) is 96.4 cm³/mol. The molecule has 9 heteroatoms. The van der Waals surface area contributed by atoms with E-state index in [1.165, 1.54) is 35.6 Å². The van der Waals surface area contributed by atoms with E-state index >= 15 is 0 Å². The molecule has 2 rings (SSSR count). The second-order valence-electron chi connectivity index (χ2n) is 5.29. The summed E-state index contributed by atoms with van der Waals surface area (Å²) in [5, 5.41) is 11.9. The highest BCUT2D eigenvalue weighted by Gasteiger charge is 2.09. The lowest BCUT2D eigenvalue weighted by Gasteiger charge is -2.06. The van der Waals surface area contributed by atoms with Gasteiger partial charge in [-0.1, -0.05) is 49.1 Å². The number of nitrogens with one attached hydrogen (secondary N) is 3. The molecule has 0 bridgehead atoms. The first-order chi connectivity index (χ1) is 11.4. The molecule has 0 aliphatic rings. The lowest BCUT2D eigenvalue weighted by molar-refractivity contribution is -0.126. The third-order valence-corrected chi connectivity index (χ3v) is 4.91. The van der Waals surface area contributed by atoms with Crippen molar-refractivity contribution in [2.45, 2.75) is 31.0 Å². The standard InChI is InChI=1S/C15H19N5O2S2/c1-9(2)11-4-6-12(7-5-11)16-14-19-20-15(24-14)23-8-13(22)18-17-10(3)21/h4-7,9H,8H2,1-3H3,(H,16,19)(H,17,21)(H,18,22). The minimum atomic E-state index is -0.320. The Hall–Kier alpha value is -2.13. The molecule has 0 atom stereocenters. The molecule has 1 aromatic carbocycles. The third-order valence-electron chi connectivity index (χ3n) is 2.94. The smallest absolute Gasteiger partial charge is 0.248 e. The van der Waals surface area contributed by atoms with Gasteiger partial charge in [0.25, 0.3) is 0 Å². The summed E-state index contributed by atoms with van der Waals surface area (Å²) in [6, 6.07) is 8.17. The van der Waals surface area contributed by atoms with Gasteiger partial charge in [0.15, 0.2) is 4.34 Å². The van der Waals surface area contributed by atoms with Crippen LogP contribution >= 0.6 is 23.1 Å². The van der Waals surface area contributed by atoms with Gasteiger partial charge in [0.2, 0.25) is 16.9 Å². The van der Waals surface area contributed by atoms with E-state index in [1.807, 2.05) is 12.1 Å². The largest absolute Gasteiger partial charge is 0.330 e. The molecule has 128 valence electrons. The van der Waals surface area contributed by atoms with Crippen LogP contribution < -0.4 is 16.2 Å². The average molecular weight is 365 g/mol. The molecule has 0 aliphatic heterocycles. The number of anilines is 2. The maximum absolute atomic E-state index is 11.5. The Bertz CT molecular complexity index is 700. The summed E-state index contributed by atoms with van der Waals surface area (Å²) >= 11 is 2.63. The SMILES string of the molecule is CC(=O)NNC(=O)CSc1nnc(Nc2ccc(C(C)C)cc2)s1. The summed E-state index contributed by atoms with van der Waals surface area (Å²) in [4.78, 5) is 22.2. The van der Waals surface area contributed by atoms with Gasteiger partial charge in [0.1, 0.15) is 0 Å². The first-order valence-corrected chi connectivity index (χ1v) is 9.13. The summed E-state index contributed by atoms with van der Waals surface area (Å²) in [7, 11) is 0. The van der Waals surface area contributed by atoms with E-state index in [0.29, 0.717) is 15.4 Å². The van der Waals surface area contributed by atoms with E-state index in [-0.39, 0.29) is 17.6 Å². The molecule has 3 N–H and O–H groups in total. The number of carbonyl (C=O) groups is 2. The van der Waals surface area contributed by atoms with Crippen LogP contribution in [0.25, 0.3) is 0 Å². The second kappa shape index (κ2) is 8.65. The van der Waals surface area contributed by atoms with E-state index < -0.39 is 0 Å². The van der Waals surface area contributed by atoms with Crippen LogP contribution in [0.3, 0.4) is 0 Å². The molecule has 7 nitrogen and oxygen atoms in total. The van der Waals surface area contributed by atoms with Crippen molar-refractivity contribution in [2.24, 2.45) is 0 Å². The highest BCUT2D eigenvalue weighted by Crippen LogP contribution is 2.28. The first-order valence-electron chi connectivity index (χ1n) is 7.32. The molecule has 24 heavy (non-hydrogen) atoms. The Balaban J connectivity index is 1.84. The number of carbonyl (C=O) groups excluding carboxylic acids is 2. The van der Waals surface area contributed by atoms with Gasteiger partial charge in [-0.15, -0.1) is 10.2 Å². The molecule has 0 spiro atoms. The molecule has 0 aliphatic carbocycles. The van der Waals surface area contributed by atoms with Crippen LogP contribution in [0.1, 0.15) is 32.3 Å². The Morgan fingerprint density at radius 2 is 1.88 bits per heavy atom. The van der Waals surface area contributed by atoms with Gasteiger partial charge >= 0.3 is 0 Å². The van der Waals surface area contributed by atoms with Crippen LogP contribution in [0.4, 0.5) is 10.8 Å². The monoisotopic (exact) mass is 365 g/mol. The number of aromatic nitrogens is 2. The Labute approximate surface area is 148 Å². The average Bonchev–Trinajstić information content (AvgIpc) is 2.99. The maximum atomic E-state index is 11.5. The fraction of sp³-hybridized carbons (Fsp3) is 0.333. The summed E-state index contributed by atoms with van der Waals surface area (Å²) in [5.41, 5.74) is 6.75. The van der Waals surface area contributed by atoms with Crippen LogP contribution in [0.15, 0.2) is 28.6 Å². The van der Waals surface area contributed by atoms with Crippen molar-refractivity contribution in [3.8, 4) is 0 Å². The van der Waals surface area contributed by atoms with Gasteiger partial charge in [-0.25, -0.2) is 0 Å². The zero-order valence-electron chi connectivity index (χ0n) is 13.6. The van der Waals surface area contributed by atoms with Crippen LogP contribution in [-0.2, 0) is 9.59 Å². The molecule has 0 saturated carbocycles. The summed E-state index contributed by atoms with van der Waals surface area (Å²) in [5.74, 6) is 0.0218. The molecule has 2 aromatic rings. The van der Waals surface area contributed by atoms with E-state index in [1.54, 1.807) is 0 Å². The van der Waals surface area contributed by atoms with Crippen molar-refractivity contribution < 1.29 is 9.59 Å². The Morgan fingerprint density at radius 1 is 1.17 bits per heavy atom. The highest BCUT2D eigenvalue weighted by atomic mass is 32.2. The van der Waals surface area contributed by atoms with Crippen molar-refractivity contribution in [1.82, 2.24) is 21.0 Å². The number of benzene rings is 1. The molecule has 1 heterocycles. The van der Waals surface area contributed by atoms with Crippen LogP contribution in [0.2, 0.25) is 0 Å². The lowest BCUT2D eigenvalue weighted by atomic mass is 10.0. The van der Waals surface area contributed by atoms with E-state index in [2.05, 4.69) is 52.3 Å². The first kappa shape index (κ1) is 18.2. The van der Waals surface area contributed by atoms with Crippen molar-refractivity contribution in [3.63, 3.8) is 0 Å². The van der Waals surface area contributed by atoms with Crippen molar-refractivity contribution >= 4 is 45.7 Å². The van der Waals surface area contributed by atoms with Gasteiger partial charge in [-0.05, 0) is 23.6 Å². The van der Waals surface area contributed by atoms with E-state index in [9.17, 15) is 9.59 Å². The summed E-state index contributed by atoms with van der Waals surface area (Å²) in [6.45, 7) is 5.63. The topological polar surface area (TPSA) is 96.0 Å². The fourth-order valence-electron chi connectivity index (χ4n) is 1.71. The molecule has 2 amide bonds. The summed E-state index contributed by atoms with van der Waals surface area (Å²) in [6.07, 6.45) is 0. The number of nitrogens with zero attached hydrogens (tertiary/aromatic N) is 2. The number of hydrogen-bond donors (Lipinski definition) is 3. The number of hydrogen-bond acceptors (Lipinski definition) is 7. The predicted octanol–water partition coefficient (Wildman–Crippen LogP) is 2.66. The normalized spacial score (nSPS) is 10.5. The molecule has 1 aromatic heterocycles. The quantitative estimate of drug-likeness (QED) is 0.538. The van der Waals surface area contributed by atoms with Gasteiger partial charge in [-0.2, -0.15) is 0 Å². The van der Waals surface area contributed by atoms with Crippen LogP contribution in [0, 0.1) is 0 Å². The lowest BCUT2D eigenvalue weighted by Crippen LogP contribution is -2.41. The van der Waals surface area contributed by atoms with Crippen molar-refractivity contribution in [3.05, 3.63) is 29.8 Å². The maximum Gasteiger partial charge on any atom is 0.248 e. The number of hydrazine groups is 1.